The Hall–Kier alpha value is -2.08. The number of carbonyl (C=O) groups is 1. The standard InChI is InChI=1S/C19H30N4O2/c1-3-4-13-25-14-7-11-21-19(20-2)22-15-18(24)23-12-10-16-8-5-6-9-17(16)23/h5-6,8-9H,3-4,7,10-15H2,1-2H3,(H2,20,21,22). The number of amides is 1. The third kappa shape index (κ3) is 6.05. The summed E-state index contributed by atoms with van der Waals surface area (Å²) in [5.74, 6) is 0.713. The molecule has 0 saturated heterocycles. The van der Waals surface area contributed by atoms with E-state index in [2.05, 4.69) is 28.6 Å². The van der Waals surface area contributed by atoms with E-state index in [0.29, 0.717) is 5.96 Å². The molecule has 6 heteroatoms. The molecule has 2 N–H and O–H groups in total. The number of para-hydroxylation sites is 1. The van der Waals surface area contributed by atoms with Gasteiger partial charge in [-0.2, -0.15) is 0 Å². The van der Waals surface area contributed by atoms with E-state index in [-0.39, 0.29) is 12.5 Å². The molecular formula is C19H30N4O2. The van der Waals surface area contributed by atoms with E-state index >= 15 is 0 Å². The van der Waals surface area contributed by atoms with E-state index in [1.165, 1.54) is 5.56 Å². The minimum atomic E-state index is 0.0656. The molecule has 0 radical (unpaired) electrons. The summed E-state index contributed by atoms with van der Waals surface area (Å²) in [6.45, 7) is 5.49. The second-order valence-electron chi connectivity index (χ2n) is 6.10. The van der Waals surface area contributed by atoms with Crippen LogP contribution in [0.5, 0.6) is 0 Å². The lowest BCUT2D eigenvalue weighted by Gasteiger charge is -2.18. The molecular weight excluding hydrogens is 316 g/mol. The number of guanidine groups is 1. The molecule has 1 heterocycles. The molecule has 1 aliphatic rings. The molecule has 0 atom stereocenters. The Morgan fingerprint density at radius 1 is 1.24 bits per heavy atom. The molecule has 1 amide bonds. The maximum atomic E-state index is 12.5. The first-order valence-corrected chi connectivity index (χ1v) is 9.16. The van der Waals surface area contributed by atoms with Crippen molar-refractivity contribution in [3.05, 3.63) is 29.8 Å². The average molecular weight is 346 g/mol. The van der Waals surface area contributed by atoms with Crippen molar-refractivity contribution in [2.75, 3.05) is 44.8 Å². The molecule has 1 aromatic rings. The largest absolute Gasteiger partial charge is 0.381 e. The van der Waals surface area contributed by atoms with Crippen molar-refractivity contribution in [2.45, 2.75) is 32.6 Å². The lowest BCUT2D eigenvalue weighted by Crippen LogP contribution is -2.44. The number of benzene rings is 1. The first-order valence-electron chi connectivity index (χ1n) is 9.16. The van der Waals surface area contributed by atoms with Crippen molar-refractivity contribution < 1.29 is 9.53 Å². The number of anilines is 1. The minimum absolute atomic E-state index is 0.0656. The van der Waals surface area contributed by atoms with Gasteiger partial charge >= 0.3 is 0 Å². The molecule has 0 spiro atoms. The summed E-state index contributed by atoms with van der Waals surface area (Å²) in [5.41, 5.74) is 2.27. The van der Waals surface area contributed by atoms with Gasteiger partial charge in [0.1, 0.15) is 0 Å². The van der Waals surface area contributed by atoms with E-state index in [4.69, 9.17) is 4.74 Å². The van der Waals surface area contributed by atoms with Crippen molar-refractivity contribution in [1.29, 1.82) is 0 Å². The van der Waals surface area contributed by atoms with Crippen LogP contribution in [-0.2, 0) is 16.0 Å². The highest BCUT2D eigenvalue weighted by molar-refractivity contribution is 5.98. The van der Waals surface area contributed by atoms with Crippen LogP contribution in [0.15, 0.2) is 29.3 Å². The maximum absolute atomic E-state index is 12.5. The summed E-state index contributed by atoms with van der Waals surface area (Å²) >= 11 is 0. The molecule has 1 aliphatic heterocycles. The predicted octanol–water partition coefficient (Wildman–Crippen LogP) is 1.95. The van der Waals surface area contributed by atoms with Crippen LogP contribution in [0, 0.1) is 0 Å². The number of hydrogen-bond donors (Lipinski definition) is 2. The minimum Gasteiger partial charge on any atom is -0.381 e. The van der Waals surface area contributed by atoms with Gasteiger partial charge in [-0.25, -0.2) is 0 Å². The van der Waals surface area contributed by atoms with Crippen LogP contribution in [0.2, 0.25) is 0 Å². The highest BCUT2D eigenvalue weighted by atomic mass is 16.5. The smallest absolute Gasteiger partial charge is 0.246 e. The number of carbonyl (C=O) groups excluding carboxylic acids is 1. The second kappa shape index (κ2) is 10.7. The number of hydrogen-bond acceptors (Lipinski definition) is 3. The SMILES string of the molecule is CCCCOCCCNC(=NC)NCC(=O)N1CCc2ccccc21. The summed E-state index contributed by atoms with van der Waals surface area (Å²) in [6.07, 6.45) is 4.10. The molecule has 138 valence electrons. The van der Waals surface area contributed by atoms with Gasteiger partial charge in [0.25, 0.3) is 0 Å². The number of nitrogens with one attached hydrogen (secondary N) is 2. The molecule has 0 unspecified atom stereocenters. The summed E-state index contributed by atoms with van der Waals surface area (Å²) < 4.78 is 5.53. The van der Waals surface area contributed by atoms with Crippen molar-refractivity contribution in [3.8, 4) is 0 Å². The van der Waals surface area contributed by atoms with Gasteiger partial charge in [0.2, 0.25) is 5.91 Å². The molecule has 0 bridgehead atoms. The van der Waals surface area contributed by atoms with Crippen LogP contribution < -0.4 is 15.5 Å². The van der Waals surface area contributed by atoms with Gasteiger partial charge < -0.3 is 20.3 Å². The monoisotopic (exact) mass is 346 g/mol. The van der Waals surface area contributed by atoms with Gasteiger partial charge in [0.05, 0.1) is 6.54 Å². The van der Waals surface area contributed by atoms with Gasteiger partial charge in [0, 0.05) is 39.0 Å². The third-order valence-electron chi connectivity index (χ3n) is 4.22. The summed E-state index contributed by atoms with van der Waals surface area (Å²) in [4.78, 5) is 18.5. The lowest BCUT2D eigenvalue weighted by atomic mass is 10.2. The Morgan fingerprint density at radius 3 is 2.84 bits per heavy atom. The zero-order valence-corrected chi connectivity index (χ0v) is 15.4. The third-order valence-corrected chi connectivity index (χ3v) is 4.22. The number of unbranched alkanes of at least 4 members (excludes halogenated alkanes) is 1. The van der Waals surface area contributed by atoms with Crippen molar-refractivity contribution in [1.82, 2.24) is 10.6 Å². The van der Waals surface area contributed by atoms with Crippen LogP contribution in [0.3, 0.4) is 0 Å². The van der Waals surface area contributed by atoms with E-state index in [1.807, 2.05) is 23.1 Å². The molecule has 0 aromatic heterocycles. The highest BCUT2D eigenvalue weighted by Crippen LogP contribution is 2.27. The summed E-state index contributed by atoms with van der Waals surface area (Å²) in [6, 6.07) is 8.08. The second-order valence-corrected chi connectivity index (χ2v) is 6.10. The van der Waals surface area contributed by atoms with E-state index in [0.717, 1.165) is 57.7 Å². The number of ether oxygens (including phenoxy) is 1. The van der Waals surface area contributed by atoms with Gasteiger partial charge in [-0.3, -0.25) is 9.79 Å². The molecule has 6 nitrogen and oxygen atoms in total. The molecule has 0 aliphatic carbocycles. The zero-order valence-electron chi connectivity index (χ0n) is 15.4. The molecule has 2 rings (SSSR count). The number of rotatable bonds is 9. The van der Waals surface area contributed by atoms with E-state index in [1.54, 1.807) is 7.05 Å². The normalized spacial score (nSPS) is 13.7. The Morgan fingerprint density at radius 2 is 2.04 bits per heavy atom. The Bertz CT molecular complexity index is 574. The average Bonchev–Trinajstić information content (AvgIpc) is 3.07. The molecule has 0 saturated carbocycles. The van der Waals surface area contributed by atoms with Gasteiger partial charge in [-0.05, 0) is 30.9 Å². The highest BCUT2D eigenvalue weighted by Gasteiger charge is 2.23. The quantitative estimate of drug-likeness (QED) is 0.407. The maximum Gasteiger partial charge on any atom is 0.246 e. The van der Waals surface area contributed by atoms with Crippen LogP contribution in [0.1, 0.15) is 31.7 Å². The molecule has 1 aromatic carbocycles. The summed E-state index contributed by atoms with van der Waals surface area (Å²) in [5, 5.41) is 6.31. The Labute approximate surface area is 150 Å². The molecule has 0 fully saturated rings. The van der Waals surface area contributed by atoms with E-state index < -0.39 is 0 Å². The van der Waals surface area contributed by atoms with Crippen LogP contribution in [0.4, 0.5) is 5.69 Å². The number of nitrogens with zero attached hydrogens (tertiary/aromatic N) is 2. The Kier molecular flexibility index (Phi) is 8.25. The van der Waals surface area contributed by atoms with Crippen LogP contribution >= 0.6 is 0 Å². The van der Waals surface area contributed by atoms with Gasteiger partial charge in [0.15, 0.2) is 5.96 Å². The van der Waals surface area contributed by atoms with Gasteiger partial charge in [-0.15, -0.1) is 0 Å². The fourth-order valence-corrected chi connectivity index (χ4v) is 2.80. The van der Waals surface area contributed by atoms with E-state index in [9.17, 15) is 4.79 Å². The van der Waals surface area contributed by atoms with Crippen LogP contribution in [-0.4, -0.2) is 51.8 Å². The molecule has 25 heavy (non-hydrogen) atoms. The van der Waals surface area contributed by atoms with Gasteiger partial charge in [-0.1, -0.05) is 31.5 Å². The Balaban J connectivity index is 1.66. The summed E-state index contributed by atoms with van der Waals surface area (Å²) in [7, 11) is 1.71. The first kappa shape index (κ1) is 19.2. The van der Waals surface area contributed by atoms with Crippen LogP contribution in [0.25, 0.3) is 0 Å². The lowest BCUT2D eigenvalue weighted by molar-refractivity contribution is -0.117. The number of fused-ring (bicyclic) bond motifs is 1. The first-order chi connectivity index (χ1) is 12.3. The van der Waals surface area contributed by atoms with Crippen molar-refractivity contribution >= 4 is 17.6 Å². The van der Waals surface area contributed by atoms with Crippen molar-refractivity contribution in [2.24, 2.45) is 4.99 Å². The fraction of sp³-hybridized carbons (Fsp3) is 0.579. The topological polar surface area (TPSA) is 66.0 Å². The zero-order chi connectivity index (χ0) is 17.9. The fourth-order valence-electron chi connectivity index (χ4n) is 2.80. The number of aliphatic imine (C=N–C) groups is 1. The predicted molar refractivity (Wildman–Crippen MR) is 102 cm³/mol. The van der Waals surface area contributed by atoms with Crippen molar-refractivity contribution in [3.63, 3.8) is 0 Å².